The third kappa shape index (κ3) is 6.08. The van der Waals surface area contributed by atoms with Gasteiger partial charge in [0.15, 0.2) is 0 Å². The molecule has 178 valence electrons. The van der Waals surface area contributed by atoms with Crippen LogP contribution in [0.2, 0.25) is 0 Å². The van der Waals surface area contributed by atoms with Crippen LogP contribution in [0.5, 0.6) is 0 Å². The predicted octanol–water partition coefficient (Wildman–Crippen LogP) is 4.62. The van der Waals surface area contributed by atoms with Gasteiger partial charge in [-0.15, -0.1) is 0 Å². The van der Waals surface area contributed by atoms with Crippen LogP contribution >= 0.6 is 0 Å². The summed E-state index contributed by atoms with van der Waals surface area (Å²) in [6.07, 6.45) is 9.84. The molecule has 4 rings (SSSR count). The molecule has 2 fully saturated rings. The van der Waals surface area contributed by atoms with E-state index in [-0.39, 0.29) is 16.8 Å². The molecule has 0 radical (unpaired) electrons. The van der Waals surface area contributed by atoms with Crippen LogP contribution in [0.15, 0.2) is 52.4 Å². The Bertz CT molecular complexity index is 1070. The Morgan fingerprint density at radius 2 is 1.58 bits per heavy atom. The number of nitrogens with zero attached hydrogens (tertiary/aromatic N) is 2. The molecule has 6 nitrogen and oxygen atoms in total. The molecule has 0 aromatic heterocycles. The molecule has 0 spiro atoms. The Morgan fingerprint density at radius 3 is 2.24 bits per heavy atom. The van der Waals surface area contributed by atoms with Gasteiger partial charge >= 0.3 is 0 Å². The predicted molar refractivity (Wildman–Crippen MR) is 133 cm³/mol. The van der Waals surface area contributed by atoms with Crippen LogP contribution in [0.25, 0.3) is 0 Å². The van der Waals surface area contributed by atoms with Crippen molar-refractivity contribution >= 4 is 27.3 Å². The quantitative estimate of drug-likeness (QED) is 0.381. The second kappa shape index (κ2) is 10.6. The Kier molecular flexibility index (Phi) is 7.58. The van der Waals surface area contributed by atoms with Gasteiger partial charge in [-0.1, -0.05) is 49.4 Å². The van der Waals surface area contributed by atoms with Gasteiger partial charge in [0.05, 0.1) is 16.3 Å². The first kappa shape index (κ1) is 23.6. The van der Waals surface area contributed by atoms with E-state index in [1.165, 1.54) is 19.3 Å². The molecule has 1 saturated heterocycles. The number of aryl methyl sites for hydroxylation is 1. The summed E-state index contributed by atoms with van der Waals surface area (Å²) in [5.41, 5.74) is 2.69. The minimum atomic E-state index is -3.78. The molecule has 7 heteroatoms. The lowest BCUT2D eigenvalue weighted by molar-refractivity contribution is -0.213. The van der Waals surface area contributed by atoms with Crippen LogP contribution in [0, 0.1) is 6.92 Å². The maximum atomic E-state index is 13.1. The van der Waals surface area contributed by atoms with E-state index in [0.717, 1.165) is 62.9 Å². The Morgan fingerprint density at radius 1 is 0.939 bits per heavy atom. The van der Waals surface area contributed by atoms with Crippen molar-refractivity contribution < 1.29 is 13.5 Å². The molecule has 0 unspecified atom stereocenters. The second-order valence-electron chi connectivity index (χ2n) is 9.28. The van der Waals surface area contributed by atoms with E-state index < -0.39 is 10.0 Å². The molecule has 33 heavy (non-hydrogen) atoms. The van der Waals surface area contributed by atoms with E-state index in [0.29, 0.717) is 11.3 Å². The zero-order chi connectivity index (χ0) is 23.3. The fourth-order valence-electron chi connectivity index (χ4n) is 4.71. The van der Waals surface area contributed by atoms with Crippen LogP contribution in [0.4, 0.5) is 11.4 Å². The summed E-state index contributed by atoms with van der Waals surface area (Å²) < 4.78 is 29.1. The number of piperidine rings is 1. The average Bonchev–Trinajstić information content (AvgIpc) is 3.08. The van der Waals surface area contributed by atoms with Gasteiger partial charge in [0.1, 0.15) is 0 Å². The zero-order valence-electron chi connectivity index (χ0n) is 19.4. The molecular weight excluding hydrogens is 434 g/mol. The average molecular weight is 469 g/mol. The van der Waals surface area contributed by atoms with E-state index in [9.17, 15) is 13.5 Å². The summed E-state index contributed by atoms with van der Waals surface area (Å²) in [6.45, 7) is 3.67. The first-order valence-electron chi connectivity index (χ1n) is 12.2. The molecule has 1 aliphatic heterocycles. The molecule has 2 aliphatic rings. The summed E-state index contributed by atoms with van der Waals surface area (Å²) in [6, 6.07) is 12.2. The Balaban J connectivity index is 1.66. The first-order chi connectivity index (χ1) is 15.9. The van der Waals surface area contributed by atoms with Gasteiger partial charge in [-0.25, -0.2) is 8.42 Å². The number of anilines is 2. The van der Waals surface area contributed by atoms with Crippen molar-refractivity contribution in [3.8, 4) is 0 Å². The number of nitrogens with one attached hydrogen (secondary N) is 1. The van der Waals surface area contributed by atoms with Gasteiger partial charge in [-0.2, -0.15) is 0 Å². The van der Waals surface area contributed by atoms with Crippen LogP contribution in [-0.4, -0.2) is 33.4 Å². The van der Waals surface area contributed by atoms with Gasteiger partial charge in [0.2, 0.25) is 0 Å². The van der Waals surface area contributed by atoms with Crippen molar-refractivity contribution in [3.05, 3.63) is 53.6 Å². The van der Waals surface area contributed by atoms with E-state index in [1.54, 1.807) is 36.4 Å². The lowest BCUT2D eigenvalue weighted by Gasteiger charge is -2.31. The third-order valence-electron chi connectivity index (χ3n) is 6.64. The van der Waals surface area contributed by atoms with Gasteiger partial charge in [0.25, 0.3) is 10.0 Å². The summed E-state index contributed by atoms with van der Waals surface area (Å²) in [5, 5.41) is 13.0. The number of aliphatic imine (C=N–C) groups is 1. The SMILES string of the molecule is Cc1ccc(S(=O)(=O)Nc2cc(C([O-])=NC3CCCCCC3)ccc2N2CCCCC2)cc1. The van der Waals surface area contributed by atoms with Crippen LogP contribution < -0.4 is 14.7 Å². The molecule has 1 heterocycles. The van der Waals surface area contributed by atoms with Gasteiger partial charge in [-0.05, 0) is 74.8 Å². The lowest BCUT2D eigenvalue weighted by Crippen LogP contribution is -2.31. The summed E-state index contributed by atoms with van der Waals surface area (Å²) >= 11 is 0. The fourth-order valence-corrected chi connectivity index (χ4v) is 5.78. The Hall–Kier alpha value is -2.54. The second-order valence-corrected chi connectivity index (χ2v) is 11.0. The van der Waals surface area contributed by atoms with Crippen molar-refractivity contribution in [2.45, 2.75) is 75.6 Å². The summed E-state index contributed by atoms with van der Waals surface area (Å²) in [7, 11) is -3.78. The molecule has 2 aromatic carbocycles. The van der Waals surface area contributed by atoms with E-state index in [4.69, 9.17) is 0 Å². The molecule has 1 N–H and O–H groups in total. The van der Waals surface area contributed by atoms with Crippen LogP contribution in [-0.2, 0) is 10.0 Å². The number of hydrogen-bond acceptors (Lipinski definition) is 5. The van der Waals surface area contributed by atoms with Gasteiger partial charge < -0.3 is 10.0 Å². The number of rotatable bonds is 6. The maximum Gasteiger partial charge on any atom is 0.261 e. The van der Waals surface area contributed by atoms with Crippen molar-refractivity contribution in [2.24, 2.45) is 4.99 Å². The monoisotopic (exact) mass is 468 g/mol. The number of sulfonamides is 1. The lowest BCUT2D eigenvalue weighted by atomic mass is 10.1. The van der Waals surface area contributed by atoms with E-state index in [2.05, 4.69) is 14.6 Å². The van der Waals surface area contributed by atoms with Crippen LogP contribution in [0.3, 0.4) is 0 Å². The van der Waals surface area contributed by atoms with Gasteiger partial charge in [-0.3, -0.25) is 9.71 Å². The van der Waals surface area contributed by atoms with Crippen LogP contribution in [0.1, 0.15) is 68.9 Å². The molecule has 0 amide bonds. The number of hydrogen-bond donors (Lipinski definition) is 1. The third-order valence-corrected chi connectivity index (χ3v) is 8.02. The maximum absolute atomic E-state index is 13.1. The fraction of sp³-hybridized carbons (Fsp3) is 0.500. The minimum absolute atomic E-state index is 0.0643. The highest BCUT2D eigenvalue weighted by molar-refractivity contribution is 7.92. The summed E-state index contributed by atoms with van der Waals surface area (Å²) in [5.74, 6) is -0.261. The highest BCUT2D eigenvalue weighted by Crippen LogP contribution is 2.32. The normalized spacial score (nSPS) is 18.7. The molecule has 0 bridgehead atoms. The zero-order valence-corrected chi connectivity index (χ0v) is 20.2. The highest BCUT2D eigenvalue weighted by Gasteiger charge is 2.20. The Labute approximate surface area is 197 Å². The largest absolute Gasteiger partial charge is 0.858 e. The molecular formula is C26H34N3O3S-. The van der Waals surface area contributed by atoms with E-state index in [1.807, 2.05) is 13.0 Å². The van der Waals surface area contributed by atoms with E-state index >= 15 is 0 Å². The molecule has 0 atom stereocenters. The molecule has 1 saturated carbocycles. The van der Waals surface area contributed by atoms with Crippen molar-refractivity contribution in [1.82, 2.24) is 0 Å². The first-order valence-corrected chi connectivity index (χ1v) is 13.6. The van der Waals surface area contributed by atoms with Crippen molar-refractivity contribution in [3.63, 3.8) is 0 Å². The van der Waals surface area contributed by atoms with Crippen molar-refractivity contribution in [2.75, 3.05) is 22.7 Å². The number of benzene rings is 2. The highest BCUT2D eigenvalue weighted by atomic mass is 32.2. The van der Waals surface area contributed by atoms with Gasteiger partial charge in [0, 0.05) is 19.1 Å². The topological polar surface area (TPSA) is 84.8 Å². The van der Waals surface area contributed by atoms with Crippen molar-refractivity contribution in [1.29, 1.82) is 0 Å². The molecule has 2 aromatic rings. The molecule has 1 aliphatic carbocycles. The summed E-state index contributed by atoms with van der Waals surface area (Å²) in [4.78, 5) is 6.89. The minimum Gasteiger partial charge on any atom is -0.858 e. The standard InChI is InChI=1S/C26H35N3O3S/c1-20-11-14-23(15-12-20)33(31,32)28-24-19-21(13-16-25(24)29-17-7-4-8-18-29)26(30)27-22-9-5-2-3-6-10-22/h11-16,19,22,28H,2-10,17-18H2,1H3,(H,27,30)/p-1. The smallest absolute Gasteiger partial charge is 0.261 e.